The zero-order valence-electron chi connectivity index (χ0n) is 16.2. The molecule has 0 atom stereocenters. The van der Waals surface area contributed by atoms with Crippen molar-refractivity contribution < 1.29 is 4.79 Å². The van der Waals surface area contributed by atoms with Gasteiger partial charge < -0.3 is 15.5 Å². The average Bonchev–Trinajstić information content (AvgIpc) is 2.68. The van der Waals surface area contributed by atoms with Gasteiger partial charge in [0.25, 0.3) is 0 Å². The van der Waals surface area contributed by atoms with Gasteiger partial charge in [-0.3, -0.25) is 9.79 Å². The fourth-order valence-electron chi connectivity index (χ4n) is 2.63. The molecule has 0 unspecified atom stereocenters. The summed E-state index contributed by atoms with van der Waals surface area (Å²) in [5.41, 5.74) is 3.62. The van der Waals surface area contributed by atoms with Crippen LogP contribution in [0.4, 0.5) is 0 Å². The summed E-state index contributed by atoms with van der Waals surface area (Å²) in [6, 6.07) is 18.4. The summed E-state index contributed by atoms with van der Waals surface area (Å²) in [6.07, 6.45) is 1.04. The van der Waals surface area contributed by atoms with Gasteiger partial charge in [0.1, 0.15) is 0 Å². The molecule has 0 saturated carbocycles. The molecule has 0 bridgehead atoms. The van der Waals surface area contributed by atoms with Gasteiger partial charge in [-0.15, -0.1) is 24.0 Å². The van der Waals surface area contributed by atoms with Gasteiger partial charge in [-0.1, -0.05) is 61.5 Å². The number of carbonyl (C=O) groups excluding carboxylic acids is 1. The molecule has 0 radical (unpaired) electrons. The highest BCUT2D eigenvalue weighted by atomic mass is 127. The first-order chi connectivity index (χ1) is 12.6. The van der Waals surface area contributed by atoms with Crippen molar-refractivity contribution in [3.8, 4) is 0 Å². The summed E-state index contributed by atoms with van der Waals surface area (Å²) >= 11 is 0. The van der Waals surface area contributed by atoms with E-state index in [1.165, 1.54) is 11.1 Å². The van der Waals surface area contributed by atoms with Crippen LogP contribution < -0.4 is 10.6 Å². The van der Waals surface area contributed by atoms with Gasteiger partial charge >= 0.3 is 0 Å². The predicted octanol–water partition coefficient (Wildman–Crippen LogP) is 3.19. The fraction of sp³-hybridized carbons (Fsp3) is 0.333. The van der Waals surface area contributed by atoms with Crippen LogP contribution in [0.1, 0.15) is 23.6 Å². The molecule has 146 valence electrons. The average molecular weight is 480 g/mol. The van der Waals surface area contributed by atoms with Crippen LogP contribution in [0.15, 0.2) is 59.6 Å². The number of amides is 1. The highest BCUT2D eigenvalue weighted by Gasteiger charge is 2.09. The molecule has 2 aromatic carbocycles. The summed E-state index contributed by atoms with van der Waals surface area (Å²) < 4.78 is 0. The lowest BCUT2D eigenvalue weighted by Gasteiger charge is -2.22. The predicted molar refractivity (Wildman–Crippen MR) is 122 cm³/mol. The monoisotopic (exact) mass is 480 g/mol. The third kappa shape index (κ3) is 7.99. The Hall–Kier alpha value is -2.09. The molecule has 0 aliphatic carbocycles. The van der Waals surface area contributed by atoms with E-state index in [2.05, 4.69) is 46.8 Å². The summed E-state index contributed by atoms with van der Waals surface area (Å²) in [6.45, 7) is 3.60. The molecule has 5 nitrogen and oxygen atoms in total. The number of halogens is 1. The van der Waals surface area contributed by atoms with E-state index in [0.717, 1.165) is 18.5 Å². The standard InChI is InChI=1S/C21H28N4O.HI/c1-4-17-10-12-19(13-11-17)16-25(3)21(22-2)24-15-20(26)23-14-18-8-6-5-7-9-18;/h5-13H,4,14-16H2,1-3H3,(H,22,24)(H,23,26);1H. The van der Waals surface area contributed by atoms with Crippen LogP contribution >= 0.6 is 24.0 Å². The second kappa shape index (κ2) is 12.3. The first kappa shape index (κ1) is 23.0. The summed E-state index contributed by atoms with van der Waals surface area (Å²) in [4.78, 5) is 18.3. The van der Waals surface area contributed by atoms with Gasteiger partial charge in [-0.2, -0.15) is 0 Å². The summed E-state index contributed by atoms with van der Waals surface area (Å²) in [5.74, 6) is 0.634. The smallest absolute Gasteiger partial charge is 0.239 e. The molecule has 2 rings (SSSR count). The molecule has 6 heteroatoms. The number of carbonyl (C=O) groups is 1. The van der Waals surface area contributed by atoms with Crippen molar-refractivity contribution in [1.29, 1.82) is 0 Å². The van der Waals surface area contributed by atoms with Crippen LogP contribution in [0, 0.1) is 0 Å². The molecule has 1 amide bonds. The maximum atomic E-state index is 12.0. The molecular formula is C21H29IN4O. The van der Waals surface area contributed by atoms with E-state index in [-0.39, 0.29) is 36.4 Å². The number of aryl methyl sites for hydroxylation is 1. The Morgan fingerprint density at radius 3 is 2.19 bits per heavy atom. The van der Waals surface area contributed by atoms with Gasteiger partial charge in [0.05, 0.1) is 6.54 Å². The van der Waals surface area contributed by atoms with Crippen molar-refractivity contribution in [1.82, 2.24) is 15.5 Å². The third-order valence-corrected chi connectivity index (χ3v) is 4.16. The lowest BCUT2D eigenvalue weighted by Crippen LogP contribution is -2.43. The molecule has 27 heavy (non-hydrogen) atoms. The number of benzene rings is 2. The first-order valence-corrected chi connectivity index (χ1v) is 8.92. The first-order valence-electron chi connectivity index (χ1n) is 8.92. The van der Waals surface area contributed by atoms with E-state index >= 15 is 0 Å². The molecule has 0 heterocycles. The van der Waals surface area contributed by atoms with Crippen LogP contribution in [0.25, 0.3) is 0 Å². The van der Waals surface area contributed by atoms with Gasteiger partial charge in [-0.05, 0) is 23.1 Å². The quantitative estimate of drug-likeness (QED) is 0.364. The van der Waals surface area contributed by atoms with Gasteiger partial charge in [0, 0.05) is 27.2 Å². The summed E-state index contributed by atoms with van der Waals surface area (Å²) in [5, 5.41) is 6.02. The van der Waals surface area contributed by atoms with Crippen LogP contribution in [-0.4, -0.2) is 37.4 Å². The Bertz CT molecular complexity index is 717. The van der Waals surface area contributed by atoms with Crippen molar-refractivity contribution >= 4 is 35.8 Å². The number of nitrogens with zero attached hydrogens (tertiary/aromatic N) is 2. The van der Waals surface area contributed by atoms with Crippen LogP contribution in [0.5, 0.6) is 0 Å². The molecule has 0 saturated heterocycles. The minimum atomic E-state index is -0.0595. The van der Waals surface area contributed by atoms with E-state index in [1.54, 1.807) is 7.05 Å². The molecule has 0 aromatic heterocycles. The maximum Gasteiger partial charge on any atom is 0.239 e. The topological polar surface area (TPSA) is 56.7 Å². The molecule has 2 N–H and O–H groups in total. The Kier molecular flexibility index (Phi) is 10.5. The molecular weight excluding hydrogens is 451 g/mol. The second-order valence-electron chi connectivity index (χ2n) is 6.19. The Labute approximate surface area is 179 Å². The minimum absolute atomic E-state index is 0. The molecule has 0 aliphatic heterocycles. The molecule has 0 fully saturated rings. The molecule has 2 aromatic rings. The Morgan fingerprint density at radius 1 is 0.963 bits per heavy atom. The zero-order chi connectivity index (χ0) is 18.8. The van der Waals surface area contributed by atoms with Crippen molar-refractivity contribution in [2.45, 2.75) is 26.4 Å². The SMILES string of the molecule is CCc1ccc(CN(C)C(=NC)NCC(=O)NCc2ccccc2)cc1.I. The number of rotatable bonds is 7. The van der Waals surface area contributed by atoms with Crippen molar-refractivity contribution in [2.75, 3.05) is 20.6 Å². The number of guanidine groups is 1. The Balaban J connectivity index is 0.00000364. The third-order valence-electron chi connectivity index (χ3n) is 4.16. The second-order valence-corrected chi connectivity index (χ2v) is 6.19. The molecule has 0 spiro atoms. The maximum absolute atomic E-state index is 12.0. The number of nitrogens with one attached hydrogen (secondary N) is 2. The minimum Gasteiger partial charge on any atom is -0.350 e. The van der Waals surface area contributed by atoms with Crippen LogP contribution in [0.2, 0.25) is 0 Å². The number of hydrogen-bond donors (Lipinski definition) is 2. The van der Waals surface area contributed by atoms with Gasteiger partial charge in [0.15, 0.2) is 5.96 Å². The summed E-state index contributed by atoms with van der Waals surface area (Å²) in [7, 11) is 3.69. The van der Waals surface area contributed by atoms with Crippen molar-refractivity contribution in [3.63, 3.8) is 0 Å². The van der Waals surface area contributed by atoms with E-state index in [4.69, 9.17) is 0 Å². The van der Waals surface area contributed by atoms with Crippen molar-refractivity contribution in [2.24, 2.45) is 4.99 Å². The lowest BCUT2D eigenvalue weighted by molar-refractivity contribution is -0.120. The van der Waals surface area contributed by atoms with E-state index in [1.807, 2.05) is 42.3 Å². The number of aliphatic imine (C=N–C) groups is 1. The zero-order valence-corrected chi connectivity index (χ0v) is 18.6. The highest BCUT2D eigenvalue weighted by molar-refractivity contribution is 14.0. The van der Waals surface area contributed by atoms with Crippen LogP contribution in [-0.2, 0) is 24.3 Å². The van der Waals surface area contributed by atoms with E-state index in [9.17, 15) is 4.79 Å². The highest BCUT2D eigenvalue weighted by Crippen LogP contribution is 2.07. The number of hydrogen-bond acceptors (Lipinski definition) is 2. The van der Waals surface area contributed by atoms with E-state index < -0.39 is 0 Å². The van der Waals surface area contributed by atoms with Gasteiger partial charge in [-0.25, -0.2) is 0 Å². The van der Waals surface area contributed by atoms with Crippen LogP contribution in [0.3, 0.4) is 0 Å². The molecule has 0 aliphatic rings. The lowest BCUT2D eigenvalue weighted by atomic mass is 10.1. The largest absolute Gasteiger partial charge is 0.350 e. The Morgan fingerprint density at radius 2 is 1.59 bits per heavy atom. The van der Waals surface area contributed by atoms with E-state index in [0.29, 0.717) is 12.5 Å². The normalized spacial score (nSPS) is 10.7. The van der Waals surface area contributed by atoms with Crippen molar-refractivity contribution in [3.05, 3.63) is 71.3 Å². The van der Waals surface area contributed by atoms with Gasteiger partial charge in [0.2, 0.25) is 5.91 Å². The fourth-order valence-corrected chi connectivity index (χ4v) is 2.63.